The van der Waals surface area contributed by atoms with Crippen molar-refractivity contribution in [2.45, 2.75) is 19.3 Å². The number of pyridine rings is 2. The van der Waals surface area contributed by atoms with Crippen LogP contribution in [0.25, 0.3) is 10.9 Å². The second kappa shape index (κ2) is 7.97. The Morgan fingerprint density at radius 1 is 1.03 bits per heavy atom. The molecule has 29 heavy (non-hydrogen) atoms. The lowest BCUT2D eigenvalue weighted by Gasteiger charge is -2.21. The van der Waals surface area contributed by atoms with Crippen LogP contribution >= 0.6 is 23.2 Å². The van der Waals surface area contributed by atoms with Gasteiger partial charge in [0.05, 0.1) is 6.20 Å². The molecule has 6 heteroatoms. The summed E-state index contributed by atoms with van der Waals surface area (Å²) in [7, 11) is 0. The van der Waals surface area contributed by atoms with Gasteiger partial charge in [0.25, 0.3) is 0 Å². The molecule has 0 aliphatic rings. The fraction of sp³-hybridized carbons (Fsp3) is 0.130. The van der Waals surface area contributed by atoms with Crippen LogP contribution in [0.2, 0.25) is 10.0 Å². The summed E-state index contributed by atoms with van der Waals surface area (Å²) < 4.78 is 13.7. The Morgan fingerprint density at radius 2 is 1.83 bits per heavy atom. The van der Waals surface area contributed by atoms with E-state index in [1.165, 1.54) is 6.20 Å². The Balaban J connectivity index is 1.88. The Morgan fingerprint density at radius 3 is 2.59 bits per heavy atom. The molecule has 1 atom stereocenters. The summed E-state index contributed by atoms with van der Waals surface area (Å²) in [5, 5.41) is 12.8. The van der Waals surface area contributed by atoms with E-state index in [9.17, 15) is 9.50 Å². The number of hydrogen-bond donors (Lipinski definition) is 1. The van der Waals surface area contributed by atoms with Gasteiger partial charge >= 0.3 is 0 Å². The van der Waals surface area contributed by atoms with Gasteiger partial charge in [0, 0.05) is 45.2 Å². The highest BCUT2D eigenvalue weighted by Crippen LogP contribution is 2.40. The van der Waals surface area contributed by atoms with Crippen molar-refractivity contribution in [3.8, 4) is 5.75 Å². The molecule has 0 saturated carbocycles. The lowest BCUT2D eigenvalue weighted by atomic mass is 9.86. The Hall–Kier alpha value is -2.69. The first-order valence-corrected chi connectivity index (χ1v) is 9.82. The Kier molecular flexibility index (Phi) is 5.39. The van der Waals surface area contributed by atoms with E-state index in [2.05, 4.69) is 9.97 Å². The zero-order valence-electron chi connectivity index (χ0n) is 15.5. The minimum atomic E-state index is -0.354. The number of halogens is 3. The lowest BCUT2D eigenvalue weighted by Crippen LogP contribution is -2.08. The summed E-state index contributed by atoms with van der Waals surface area (Å²) in [6.45, 7) is 1.70. The SMILES string of the molecule is Cc1cc(CC(c2ccc(Cl)cc2Cl)c2ccc3cccnc3c2O)ncc1F. The summed E-state index contributed by atoms with van der Waals surface area (Å²) in [6, 6.07) is 14.5. The minimum absolute atomic E-state index is 0.0953. The fourth-order valence-electron chi connectivity index (χ4n) is 3.52. The van der Waals surface area contributed by atoms with Crippen LogP contribution in [-0.4, -0.2) is 15.1 Å². The van der Waals surface area contributed by atoms with Gasteiger partial charge in [0.15, 0.2) is 0 Å². The van der Waals surface area contributed by atoms with E-state index in [-0.39, 0.29) is 17.5 Å². The van der Waals surface area contributed by atoms with Crippen molar-refractivity contribution < 1.29 is 9.50 Å². The lowest BCUT2D eigenvalue weighted by molar-refractivity contribution is 0.469. The molecule has 0 aliphatic carbocycles. The van der Waals surface area contributed by atoms with Gasteiger partial charge in [-0.2, -0.15) is 0 Å². The van der Waals surface area contributed by atoms with Gasteiger partial charge in [0.2, 0.25) is 0 Å². The van der Waals surface area contributed by atoms with Crippen molar-refractivity contribution >= 4 is 34.1 Å². The second-order valence-electron chi connectivity index (χ2n) is 6.93. The van der Waals surface area contributed by atoms with E-state index in [1.807, 2.05) is 30.3 Å². The topological polar surface area (TPSA) is 46.0 Å². The third kappa shape index (κ3) is 3.91. The summed E-state index contributed by atoms with van der Waals surface area (Å²) >= 11 is 12.6. The molecule has 2 aromatic heterocycles. The van der Waals surface area contributed by atoms with Gasteiger partial charge < -0.3 is 5.11 Å². The van der Waals surface area contributed by atoms with E-state index in [1.54, 1.807) is 31.3 Å². The van der Waals surface area contributed by atoms with Crippen molar-refractivity contribution in [3.63, 3.8) is 0 Å². The number of fused-ring (bicyclic) bond motifs is 1. The van der Waals surface area contributed by atoms with Crippen molar-refractivity contribution in [1.29, 1.82) is 0 Å². The number of rotatable bonds is 4. The van der Waals surface area contributed by atoms with Crippen LogP contribution in [-0.2, 0) is 6.42 Å². The molecule has 146 valence electrons. The van der Waals surface area contributed by atoms with Crippen LogP contribution in [0.15, 0.2) is 60.9 Å². The van der Waals surface area contributed by atoms with E-state index >= 15 is 0 Å². The van der Waals surface area contributed by atoms with Crippen LogP contribution in [0.1, 0.15) is 28.3 Å². The summed E-state index contributed by atoms with van der Waals surface area (Å²) in [4.78, 5) is 8.55. The molecule has 1 unspecified atom stereocenters. The molecule has 0 radical (unpaired) electrons. The summed E-state index contributed by atoms with van der Waals surface area (Å²) in [5.74, 6) is -0.575. The number of hydrogen-bond acceptors (Lipinski definition) is 3. The number of phenols is 1. The van der Waals surface area contributed by atoms with Crippen molar-refractivity contribution in [3.05, 3.63) is 99.2 Å². The van der Waals surface area contributed by atoms with E-state index in [0.29, 0.717) is 38.8 Å². The Labute approximate surface area is 177 Å². The zero-order valence-corrected chi connectivity index (χ0v) is 17.0. The number of phenolic OH excluding ortho intramolecular Hbond substituents is 1. The maximum atomic E-state index is 13.7. The normalized spacial score (nSPS) is 12.3. The maximum Gasteiger partial charge on any atom is 0.145 e. The molecular formula is C23H17Cl2FN2O. The van der Waals surface area contributed by atoms with Gasteiger partial charge in [-0.05, 0) is 42.3 Å². The predicted octanol–water partition coefficient (Wildman–Crippen LogP) is 6.46. The highest BCUT2D eigenvalue weighted by atomic mass is 35.5. The largest absolute Gasteiger partial charge is 0.505 e. The molecule has 2 heterocycles. The molecule has 0 saturated heterocycles. The molecule has 0 amide bonds. The molecule has 4 rings (SSSR count). The molecule has 0 spiro atoms. The summed E-state index contributed by atoms with van der Waals surface area (Å²) in [5.41, 5.74) is 3.19. The van der Waals surface area contributed by atoms with Crippen molar-refractivity contribution in [2.75, 3.05) is 0 Å². The van der Waals surface area contributed by atoms with Gasteiger partial charge in [-0.3, -0.25) is 9.97 Å². The first-order chi connectivity index (χ1) is 13.9. The number of benzene rings is 2. The average Bonchev–Trinajstić information content (AvgIpc) is 2.70. The molecule has 3 nitrogen and oxygen atoms in total. The highest BCUT2D eigenvalue weighted by Gasteiger charge is 2.23. The van der Waals surface area contributed by atoms with E-state index in [4.69, 9.17) is 23.2 Å². The van der Waals surface area contributed by atoms with E-state index < -0.39 is 0 Å². The van der Waals surface area contributed by atoms with Crippen LogP contribution in [0, 0.1) is 12.7 Å². The molecule has 1 N–H and O–H groups in total. The standard InChI is InChI=1S/C23H17Cl2FN2O/c1-13-9-16(28-12-21(13)26)11-19(17-7-5-15(24)10-20(17)25)18-6-4-14-3-2-8-27-22(14)23(18)29/h2-10,12,19,29H,11H2,1H3. The second-order valence-corrected chi connectivity index (χ2v) is 7.77. The number of aromatic hydroxyl groups is 1. The van der Waals surface area contributed by atoms with Crippen LogP contribution in [0.3, 0.4) is 0 Å². The third-order valence-corrected chi connectivity index (χ3v) is 5.57. The van der Waals surface area contributed by atoms with Gasteiger partial charge in [-0.1, -0.05) is 47.5 Å². The molecule has 0 bridgehead atoms. The van der Waals surface area contributed by atoms with Crippen molar-refractivity contribution in [1.82, 2.24) is 9.97 Å². The van der Waals surface area contributed by atoms with E-state index in [0.717, 1.165) is 10.9 Å². The smallest absolute Gasteiger partial charge is 0.145 e. The van der Waals surface area contributed by atoms with Crippen LogP contribution < -0.4 is 0 Å². The minimum Gasteiger partial charge on any atom is -0.505 e. The van der Waals surface area contributed by atoms with Gasteiger partial charge in [-0.25, -0.2) is 4.39 Å². The predicted molar refractivity (Wildman–Crippen MR) is 114 cm³/mol. The van der Waals surface area contributed by atoms with Gasteiger partial charge in [-0.15, -0.1) is 0 Å². The van der Waals surface area contributed by atoms with Gasteiger partial charge in [0.1, 0.15) is 17.1 Å². The average molecular weight is 427 g/mol. The number of aromatic nitrogens is 2. The quantitative estimate of drug-likeness (QED) is 0.406. The molecule has 2 aromatic carbocycles. The summed E-state index contributed by atoms with van der Waals surface area (Å²) in [6.07, 6.45) is 3.28. The zero-order chi connectivity index (χ0) is 20.5. The maximum absolute atomic E-state index is 13.7. The number of aryl methyl sites for hydroxylation is 1. The Bertz CT molecular complexity index is 1210. The molecular weight excluding hydrogens is 410 g/mol. The first-order valence-electron chi connectivity index (χ1n) is 9.06. The monoisotopic (exact) mass is 426 g/mol. The fourth-order valence-corrected chi connectivity index (χ4v) is 4.06. The van der Waals surface area contributed by atoms with Crippen molar-refractivity contribution in [2.24, 2.45) is 0 Å². The molecule has 4 aromatic rings. The van der Waals surface area contributed by atoms with Crippen LogP contribution in [0.5, 0.6) is 5.75 Å². The molecule has 0 aliphatic heterocycles. The first kappa shape index (κ1) is 19.6. The molecule has 0 fully saturated rings. The highest BCUT2D eigenvalue weighted by molar-refractivity contribution is 6.35. The number of nitrogens with zero attached hydrogens (tertiary/aromatic N) is 2. The van der Waals surface area contributed by atoms with Crippen LogP contribution in [0.4, 0.5) is 4.39 Å². The third-order valence-electron chi connectivity index (χ3n) is 5.01.